The smallest absolute Gasteiger partial charge is 0.158 e. The minimum Gasteiger partial charge on any atom is -0.385 e. The van der Waals surface area contributed by atoms with Crippen molar-refractivity contribution in [3.63, 3.8) is 0 Å². The molecule has 2 aliphatic heterocycles. The number of anilines is 2. The lowest BCUT2D eigenvalue weighted by atomic mass is 9.93. The van der Waals surface area contributed by atoms with Crippen molar-refractivity contribution in [2.24, 2.45) is 5.92 Å². The molecule has 2 N–H and O–H groups in total. The maximum atomic E-state index is 4.56. The van der Waals surface area contributed by atoms with E-state index < -0.39 is 0 Å². The van der Waals surface area contributed by atoms with Gasteiger partial charge in [-0.3, -0.25) is 10.00 Å². The first-order chi connectivity index (χ1) is 13.8. The van der Waals surface area contributed by atoms with Crippen LogP contribution in [-0.2, 0) is 12.8 Å². The molecule has 5 nitrogen and oxygen atoms in total. The number of benzene rings is 2. The van der Waals surface area contributed by atoms with Crippen molar-refractivity contribution in [2.45, 2.75) is 19.8 Å². The quantitative estimate of drug-likeness (QED) is 0.732. The Morgan fingerprint density at radius 1 is 1.07 bits per heavy atom. The van der Waals surface area contributed by atoms with Gasteiger partial charge in [-0.15, -0.1) is 0 Å². The molecule has 3 aromatic rings. The SMILES string of the molecule is CC1CNc2ccc(CCN3CCN(c4n[nH]c5ccccc45)CC3)cc2C1. The van der Waals surface area contributed by atoms with Crippen LogP contribution in [0, 0.1) is 5.92 Å². The first-order valence-electron chi connectivity index (χ1n) is 10.5. The molecule has 146 valence electrons. The van der Waals surface area contributed by atoms with Gasteiger partial charge < -0.3 is 10.2 Å². The summed E-state index contributed by atoms with van der Waals surface area (Å²) in [5, 5.41) is 12.5. The van der Waals surface area contributed by atoms with E-state index in [4.69, 9.17) is 0 Å². The molecule has 5 heteroatoms. The molecule has 28 heavy (non-hydrogen) atoms. The molecule has 1 aromatic heterocycles. The number of piperazine rings is 1. The van der Waals surface area contributed by atoms with Gasteiger partial charge in [-0.1, -0.05) is 31.2 Å². The van der Waals surface area contributed by atoms with Crippen molar-refractivity contribution in [3.05, 3.63) is 53.6 Å². The highest BCUT2D eigenvalue weighted by molar-refractivity contribution is 5.90. The zero-order valence-corrected chi connectivity index (χ0v) is 16.6. The second kappa shape index (κ2) is 7.47. The Balaban J connectivity index is 1.17. The second-order valence-electron chi connectivity index (χ2n) is 8.35. The molecule has 1 saturated heterocycles. The van der Waals surface area contributed by atoms with Crippen LogP contribution in [0.1, 0.15) is 18.1 Å². The normalized spacial score (nSPS) is 20.2. The van der Waals surface area contributed by atoms with Crippen LogP contribution in [0.25, 0.3) is 10.9 Å². The summed E-state index contributed by atoms with van der Waals surface area (Å²) in [4.78, 5) is 5.01. The number of hydrogen-bond acceptors (Lipinski definition) is 4. The minimum absolute atomic E-state index is 0.731. The highest BCUT2D eigenvalue weighted by atomic mass is 15.3. The standard InChI is InChI=1S/C23H29N5/c1-17-14-19-15-18(6-7-21(19)24-16-17)8-9-27-10-12-28(13-11-27)23-20-4-2-3-5-22(20)25-26-23/h2-7,15,17,24H,8-14,16H2,1H3,(H,25,26). The number of para-hydroxylation sites is 1. The third-order valence-electron chi connectivity index (χ3n) is 6.22. The second-order valence-corrected chi connectivity index (χ2v) is 8.35. The molecule has 1 fully saturated rings. The Hall–Kier alpha value is -2.53. The van der Waals surface area contributed by atoms with E-state index in [9.17, 15) is 0 Å². The van der Waals surface area contributed by atoms with Crippen molar-refractivity contribution in [2.75, 3.05) is 49.5 Å². The topological polar surface area (TPSA) is 47.2 Å². The summed E-state index contributed by atoms with van der Waals surface area (Å²) in [7, 11) is 0. The van der Waals surface area contributed by atoms with E-state index in [1.807, 2.05) is 0 Å². The van der Waals surface area contributed by atoms with Crippen LogP contribution in [0.3, 0.4) is 0 Å². The molecule has 0 aliphatic carbocycles. The zero-order valence-electron chi connectivity index (χ0n) is 16.6. The average Bonchev–Trinajstić information content (AvgIpc) is 3.16. The van der Waals surface area contributed by atoms with Crippen LogP contribution in [0.15, 0.2) is 42.5 Å². The first kappa shape index (κ1) is 17.6. The van der Waals surface area contributed by atoms with Crippen molar-refractivity contribution in [1.29, 1.82) is 0 Å². The summed E-state index contributed by atoms with van der Waals surface area (Å²) in [6.45, 7) is 8.85. The maximum absolute atomic E-state index is 4.56. The predicted molar refractivity (Wildman–Crippen MR) is 116 cm³/mol. The van der Waals surface area contributed by atoms with Gasteiger partial charge in [0.25, 0.3) is 0 Å². The number of aromatic amines is 1. The molecule has 0 amide bonds. The third kappa shape index (κ3) is 3.47. The number of H-pyrrole nitrogens is 1. The van der Waals surface area contributed by atoms with Gasteiger partial charge in [-0.05, 0) is 48.1 Å². The molecule has 1 atom stereocenters. The highest BCUT2D eigenvalue weighted by Crippen LogP contribution is 2.26. The van der Waals surface area contributed by atoms with Crippen molar-refractivity contribution in [3.8, 4) is 0 Å². The van der Waals surface area contributed by atoms with E-state index >= 15 is 0 Å². The molecule has 2 aliphatic rings. The van der Waals surface area contributed by atoms with E-state index in [-0.39, 0.29) is 0 Å². The van der Waals surface area contributed by atoms with Gasteiger partial charge in [0.15, 0.2) is 5.82 Å². The molecule has 0 saturated carbocycles. The lowest BCUT2D eigenvalue weighted by molar-refractivity contribution is 0.260. The number of rotatable bonds is 4. The lowest BCUT2D eigenvalue weighted by Gasteiger charge is -2.35. The van der Waals surface area contributed by atoms with Crippen molar-refractivity contribution in [1.82, 2.24) is 15.1 Å². The van der Waals surface area contributed by atoms with Crippen LogP contribution >= 0.6 is 0 Å². The summed E-state index contributed by atoms with van der Waals surface area (Å²) >= 11 is 0. The van der Waals surface area contributed by atoms with E-state index in [2.05, 4.69) is 74.7 Å². The lowest BCUT2D eigenvalue weighted by Crippen LogP contribution is -2.47. The molecule has 2 aromatic carbocycles. The molecule has 3 heterocycles. The van der Waals surface area contributed by atoms with Crippen molar-refractivity contribution < 1.29 is 0 Å². The number of nitrogens with zero attached hydrogens (tertiary/aromatic N) is 3. The number of aromatic nitrogens is 2. The maximum Gasteiger partial charge on any atom is 0.158 e. The number of hydrogen-bond donors (Lipinski definition) is 2. The van der Waals surface area contributed by atoms with Gasteiger partial charge in [-0.25, -0.2) is 0 Å². The largest absolute Gasteiger partial charge is 0.385 e. The number of fused-ring (bicyclic) bond motifs is 2. The van der Waals surface area contributed by atoms with Gasteiger partial charge in [-0.2, -0.15) is 5.10 Å². The van der Waals surface area contributed by atoms with Crippen LogP contribution < -0.4 is 10.2 Å². The monoisotopic (exact) mass is 375 g/mol. The Morgan fingerprint density at radius 3 is 2.82 bits per heavy atom. The molecule has 5 rings (SSSR count). The first-order valence-corrected chi connectivity index (χ1v) is 10.5. The van der Waals surface area contributed by atoms with Gasteiger partial charge in [0.2, 0.25) is 0 Å². The van der Waals surface area contributed by atoms with Crippen LogP contribution in [0.5, 0.6) is 0 Å². The molecule has 0 bridgehead atoms. The van der Waals surface area contributed by atoms with Gasteiger partial charge in [0.1, 0.15) is 0 Å². The molecular weight excluding hydrogens is 346 g/mol. The van der Waals surface area contributed by atoms with E-state index in [0.717, 1.165) is 62.9 Å². The fourth-order valence-corrected chi connectivity index (χ4v) is 4.54. The van der Waals surface area contributed by atoms with Crippen LogP contribution in [-0.4, -0.2) is 54.4 Å². The Bertz CT molecular complexity index is 955. The molecule has 0 spiro atoms. The Labute approximate surface area is 166 Å². The van der Waals surface area contributed by atoms with E-state index in [1.165, 1.54) is 28.6 Å². The molecule has 1 unspecified atom stereocenters. The summed E-state index contributed by atoms with van der Waals surface area (Å²) < 4.78 is 0. The highest BCUT2D eigenvalue weighted by Gasteiger charge is 2.21. The summed E-state index contributed by atoms with van der Waals surface area (Å²) in [6, 6.07) is 15.4. The van der Waals surface area contributed by atoms with E-state index in [1.54, 1.807) is 0 Å². The van der Waals surface area contributed by atoms with Crippen LogP contribution in [0.4, 0.5) is 11.5 Å². The van der Waals surface area contributed by atoms with Gasteiger partial charge in [0.05, 0.1) is 5.52 Å². The average molecular weight is 376 g/mol. The minimum atomic E-state index is 0.731. The van der Waals surface area contributed by atoms with Crippen molar-refractivity contribution >= 4 is 22.4 Å². The molecule has 0 radical (unpaired) electrons. The van der Waals surface area contributed by atoms with E-state index in [0.29, 0.717) is 0 Å². The van der Waals surface area contributed by atoms with Gasteiger partial charge in [0, 0.05) is 50.3 Å². The Kier molecular flexibility index (Phi) is 4.69. The molecular formula is C23H29N5. The summed E-state index contributed by atoms with van der Waals surface area (Å²) in [6.07, 6.45) is 2.33. The summed E-state index contributed by atoms with van der Waals surface area (Å²) in [5.74, 6) is 1.83. The predicted octanol–water partition coefficient (Wildman–Crippen LogP) is 3.53. The fraction of sp³-hybridized carbons (Fsp3) is 0.435. The summed E-state index contributed by atoms with van der Waals surface area (Å²) in [5.41, 5.74) is 5.42. The van der Waals surface area contributed by atoms with Crippen LogP contribution in [0.2, 0.25) is 0 Å². The fourth-order valence-electron chi connectivity index (χ4n) is 4.54. The van der Waals surface area contributed by atoms with Gasteiger partial charge >= 0.3 is 0 Å². The third-order valence-corrected chi connectivity index (χ3v) is 6.22. The zero-order chi connectivity index (χ0) is 18.9. The Morgan fingerprint density at radius 2 is 1.93 bits per heavy atom. The number of nitrogens with one attached hydrogen (secondary N) is 2.